The Morgan fingerprint density at radius 1 is 0.980 bits per heavy atom. The SMILES string of the molecule is CCOC(=O)C1CCCC1Oc1c(F)c(Oc2cccc(C3=NCCN3C)c2)nc(Oc2cc(C#N)ccc2OCc2ccccc2)c1F. The standard InChI is InChI=1S/C37H34F2N4O6/c1-3-45-37(44)27-13-8-14-28(27)48-33-31(38)35(47-26-12-7-11-25(20-26)34-41-17-18-43(34)2)42-36(32(33)39)49-30-19-24(21-40)15-16-29(30)46-22-23-9-5-4-6-10-23/h4-7,9-12,15-16,19-20,27-28H,3,8,13-14,17-18,22H2,1-2H3. The number of nitriles is 1. The lowest BCUT2D eigenvalue weighted by Gasteiger charge is -2.22. The number of aromatic nitrogens is 1. The first-order valence-corrected chi connectivity index (χ1v) is 16.0. The van der Waals surface area contributed by atoms with Gasteiger partial charge in [0.2, 0.25) is 17.4 Å². The van der Waals surface area contributed by atoms with E-state index in [1.807, 2.05) is 54.4 Å². The summed E-state index contributed by atoms with van der Waals surface area (Å²) in [6, 6.07) is 22.6. The third kappa shape index (κ3) is 7.56. The first-order chi connectivity index (χ1) is 23.8. The van der Waals surface area contributed by atoms with Gasteiger partial charge in [0.05, 0.1) is 30.7 Å². The molecule has 6 rings (SSSR count). The maximum Gasteiger partial charge on any atom is 0.312 e. The summed E-state index contributed by atoms with van der Waals surface area (Å²) in [4.78, 5) is 23.3. The van der Waals surface area contributed by atoms with Gasteiger partial charge in [-0.2, -0.15) is 19.0 Å². The van der Waals surface area contributed by atoms with Crippen molar-refractivity contribution in [2.75, 3.05) is 26.7 Å². The van der Waals surface area contributed by atoms with Crippen molar-refractivity contribution in [3.63, 3.8) is 0 Å². The molecular formula is C37H34F2N4O6. The number of benzene rings is 3. The van der Waals surface area contributed by atoms with Gasteiger partial charge in [-0.15, -0.1) is 0 Å². The molecule has 3 aromatic carbocycles. The van der Waals surface area contributed by atoms with Crippen molar-refractivity contribution in [2.45, 2.75) is 38.9 Å². The summed E-state index contributed by atoms with van der Waals surface area (Å²) < 4.78 is 61.4. The quantitative estimate of drug-likeness (QED) is 0.145. The van der Waals surface area contributed by atoms with Gasteiger partial charge in [-0.3, -0.25) is 9.79 Å². The first-order valence-electron chi connectivity index (χ1n) is 16.0. The van der Waals surface area contributed by atoms with Crippen LogP contribution in [0.2, 0.25) is 0 Å². The smallest absolute Gasteiger partial charge is 0.312 e. The normalized spacial score (nSPS) is 16.9. The molecular weight excluding hydrogens is 634 g/mol. The van der Waals surface area contributed by atoms with Crippen LogP contribution in [0.25, 0.3) is 0 Å². The summed E-state index contributed by atoms with van der Waals surface area (Å²) in [6.45, 7) is 3.40. The highest BCUT2D eigenvalue weighted by Crippen LogP contribution is 2.42. The van der Waals surface area contributed by atoms with Crippen molar-refractivity contribution in [1.29, 1.82) is 5.26 Å². The number of esters is 1. The number of hydrogen-bond acceptors (Lipinski definition) is 10. The molecule has 0 bridgehead atoms. The van der Waals surface area contributed by atoms with Gasteiger partial charge in [-0.1, -0.05) is 42.5 Å². The zero-order valence-corrected chi connectivity index (χ0v) is 27.0. The van der Waals surface area contributed by atoms with Crippen molar-refractivity contribution < 1.29 is 37.3 Å². The maximum absolute atomic E-state index is 16.3. The number of hydrogen-bond donors (Lipinski definition) is 0. The molecule has 0 amide bonds. The fraction of sp³-hybridized carbons (Fsp3) is 0.297. The van der Waals surface area contributed by atoms with Crippen molar-refractivity contribution in [3.8, 4) is 40.8 Å². The zero-order valence-electron chi connectivity index (χ0n) is 27.0. The van der Waals surface area contributed by atoms with Crippen LogP contribution < -0.4 is 18.9 Å². The summed E-state index contributed by atoms with van der Waals surface area (Å²) >= 11 is 0. The fourth-order valence-corrected chi connectivity index (χ4v) is 5.73. The van der Waals surface area contributed by atoms with Crippen LogP contribution >= 0.6 is 0 Å². The number of carbonyl (C=O) groups excluding carboxylic acids is 1. The molecule has 2 heterocycles. The van der Waals surface area contributed by atoms with E-state index >= 15 is 8.78 Å². The lowest BCUT2D eigenvalue weighted by molar-refractivity contribution is -0.150. The van der Waals surface area contributed by atoms with Gasteiger partial charge < -0.3 is 28.6 Å². The van der Waals surface area contributed by atoms with E-state index in [1.54, 1.807) is 25.1 Å². The average molecular weight is 669 g/mol. The number of carbonyl (C=O) groups is 1. The molecule has 1 aromatic heterocycles. The summed E-state index contributed by atoms with van der Waals surface area (Å²) in [5.74, 6) is -4.73. The van der Waals surface area contributed by atoms with Gasteiger partial charge in [0, 0.05) is 25.2 Å². The van der Waals surface area contributed by atoms with Gasteiger partial charge in [0.15, 0.2) is 11.5 Å². The number of aliphatic imine (C=N–C) groups is 1. The van der Waals surface area contributed by atoms with Crippen molar-refractivity contribution in [3.05, 3.63) is 101 Å². The molecule has 0 spiro atoms. The maximum atomic E-state index is 16.3. The lowest BCUT2D eigenvalue weighted by atomic mass is 10.1. The molecule has 0 N–H and O–H groups in total. The Morgan fingerprint density at radius 2 is 1.78 bits per heavy atom. The minimum absolute atomic E-state index is 0.0422. The van der Waals surface area contributed by atoms with Crippen LogP contribution in [-0.2, 0) is 16.1 Å². The van der Waals surface area contributed by atoms with Gasteiger partial charge in [0.25, 0.3) is 11.8 Å². The van der Waals surface area contributed by atoms with E-state index < -0.39 is 47.1 Å². The summed E-state index contributed by atoms with van der Waals surface area (Å²) in [6.07, 6.45) is 0.551. The van der Waals surface area contributed by atoms with Crippen molar-refractivity contribution >= 4 is 11.8 Å². The molecule has 10 nitrogen and oxygen atoms in total. The van der Waals surface area contributed by atoms with Crippen molar-refractivity contribution in [2.24, 2.45) is 10.9 Å². The number of likely N-dealkylation sites (N-methyl/N-ethyl adjacent to an activating group) is 1. The van der Waals surface area contributed by atoms with E-state index in [-0.39, 0.29) is 36.0 Å². The molecule has 2 atom stereocenters. The molecule has 1 aliphatic carbocycles. The Hall–Kier alpha value is -5.70. The highest BCUT2D eigenvalue weighted by atomic mass is 19.1. The molecule has 0 saturated heterocycles. The predicted octanol–water partition coefficient (Wildman–Crippen LogP) is 7.20. The number of nitrogens with zero attached hydrogens (tertiary/aromatic N) is 4. The summed E-state index contributed by atoms with van der Waals surface area (Å²) in [7, 11) is 1.92. The highest BCUT2D eigenvalue weighted by molar-refractivity contribution is 5.99. The predicted molar refractivity (Wildman–Crippen MR) is 175 cm³/mol. The third-order valence-corrected chi connectivity index (χ3v) is 8.17. The molecule has 12 heteroatoms. The molecule has 0 radical (unpaired) electrons. The van der Waals surface area contributed by atoms with E-state index in [0.29, 0.717) is 25.8 Å². The molecule has 1 fully saturated rings. The van der Waals surface area contributed by atoms with Gasteiger partial charge >= 0.3 is 5.97 Å². The molecule has 49 heavy (non-hydrogen) atoms. The van der Waals surface area contributed by atoms with E-state index in [9.17, 15) is 10.1 Å². The number of amidine groups is 1. The third-order valence-electron chi connectivity index (χ3n) is 8.17. The second kappa shape index (κ2) is 15.0. The van der Waals surface area contributed by atoms with E-state index in [1.165, 1.54) is 18.2 Å². The minimum Gasteiger partial charge on any atom is -0.485 e. The van der Waals surface area contributed by atoms with Crippen LogP contribution in [0.5, 0.6) is 34.8 Å². The van der Waals surface area contributed by atoms with E-state index in [4.69, 9.17) is 23.7 Å². The van der Waals surface area contributed by atoms with Crippen LogP contribution in [0.4, 0.5) is 8.78 Å². The molecule has 252 valence electrons. The van der Waals surface area contributed by atoms with Crippen molar-refractivity contribution in [1.82, 2.24) is 9.88 Å². The molecule has 2 aliphatic rings. The monoisotopic (exact) mass is 668 g/mol. The first kappa shape index (κ1) is 33.2. The van der Waals surface area contributed by atoms with Crippen LogP contribution in [0.3, 0.4) is 0 Å². The second-order valence-electron chi connectivity index (χ2n) is 11.5. The van der Waals surface area contributed by atoms with E-state index in [2.05, 4.69) is 9.98 Å². The van der Waals surface area contributed by atoms with Crippen LogP contribution in [-0.4, -0.2) is 54.5 Å². The Bertz CT molecular complexity index is 1900. The van der Waals surface area contributed by atoms with Crippen LogP contribution in [0.1, 0.15) is 42.9 Å². The van der Waals surface area contributed by atoms with E-state index in [0.717, 1.165) is 23.5 Å². The average Bonchev–Trinajstić information content (AvgIpc) is 3.77. The number of pyridine rings is 1. The van der Waals surface area contributed by atoms with Crippen LogP contribution in [0, 0.1) is 28.9 Å². The Balaban J connectivity index is 1.38. The Morgan fingerprint density at radius 3 is 2.51 bits per heavy atom. The summed E-state index contributed by atoms with van der Waals surface area (Å²) in [5, 5.41) is 9.58. The zero-order chi connectivity index (χ0) is 34.3. The number of halogens is 2. The van der Waals surface area contributed by atoms with Crippen LogP contribution in [0.15, 0.2) is 77.8 Å². The molecule has 4 aromatic rings. The lowest BCUT2D eigenvalue weighted by Crippen LogP contribution is -2.30. The molecule has 1 aliphatic heterocycles. The van der Waals surface area contributed by atoms with Gasteiger partial charge in [-0.05, 0) is 56.0 Å². The Kier molecular flexibility index (Phi) is 10.2. The summed E-state index contributed by atoms with van der Waals surface area (Å²) in [5.41, 5.74) is 1.81. The highest BCUT2D eigenvalue weighted by Gasteiger charge is 2.38. The van der Waals surface area contributed by atoms with Gasteiger partial charge in [-0.25, -0.2) is 0 Å². The number of ether oxygens (including phenoxy) is 5. The molecule has 1 saturated carbocycles. The van der Waals surface area contributed by atoms with Gasteiger partial charge in [0.1, 0.15) is 24.3 Å². The molecule has 2 unspecified atom stereocenters. The largest absolute Gasteiger partial charge is 0.485 e. The number of rotatable bonds is 12. The topological polar surface area (TPSA) is 116 Å². The fourth-order valence-electron chi connectivity index (χ4n) is 5.73. The Labute approximate surface area is 282 Å². The minimum atomic E-state index is -1.26. The second-order valence-corrected chi connectivity index (χ2v) is 11.5.